The standard InChI is InChI=1S/C22H27ClN2O2/c1-17-4-2-3-5-21(17)27-15-12-24-22(26)19-10-13-25(14-11-19)16-18-6-8-20(23)9-7-18/h2-9,19H,10-16H2,1H3,(H,24,26). The van der Waals surface area contributed by atoms with Crippen molar-refractivity contribution in [1.82, 2.24) is 10.2 Å². The number of amides is 1. The van der Waals surface area contributed by atoms with Gasteiger partial charge in [-0.25, -0.2) is 0 Å². The number of likely N-dealkylation sites (tertiary alicyclic amines) is 1. The zero-order valence-electron chi connectivity index (χ0n) is 15.8. The third kappa shape index (κ3) is 5.98. The van der Waals surface area contributed by atoms with Gasteiger partial charge in [0.15, 0.2) is 0 Å². The maximum absolute atomic E-state index is 12.4. The Hall–Kier alpha value is -2.04. The Kier molecular flexibility index (Phi) is 7.13. The van der Waals surface area contributed by atoms with Gasteiger partial charge in [-0.15, -0.1) is 0 Å². The predicted octanol–water partition coefficient (Wildman–Crippen LogP) is 4.06. The number of ether oxygens (including phenoxy) is 1. The first kappa shape index (κ1) is 19.7. The van der Waals surface area contributed by atoms with Crippen molar-refractivity contribution in [3.8, 4) is 5.75 Å². The van der Waals surface area contributed by atoms with E-state index in [9.17, 15) is 4.79 Å². The van der Waals surface area contributed by atoms with Crippen LogP contribution in [0.1, 0.15) is 24.0 Å². The molecule has 4 nitrogen and oxygen atoms in total. The van der Waals surface area contributed by atoms with E-state index < -0.39 is 0 Å². The van der Waals surface area contributed by atoms with Gasteiger partial charge >= 0.3 is 0 Å². The van der Waals surface area contributed by atoms with Crippen LogP contribution in [0, 0.1) is 12.8 Å². The minimum Gasteiger partial charge on any atom is -0.491 e. The summed E-state index contributed by atoms with van der Waals surface area (Å²) in [6, 6.07) is 15.9. The molecule has 1 aliphatic heterocycles. The van der Waals surface area contributed by atoms with Gasteiger partial charge in [0, 0.05) is 17.5 Å². The maximum atomic E-state index is 12.4. The molecule has 0 spiro atoms. The van der Waals surface area contributed by atoms with Crippen molar-refractivity contribution in [2.24, 2.45) is 5.92 Å². The lowest BCUT2D eigenvalue weighted by Crippen LogP contribution is -2.41. The van der Waals surface area contributed by atoms with Crippen molar-refractivity contribution < 1.29 is 9.53 Å². The number of piperidine rings is 1. The van der Waals surface area contributed by atoms with Gasteiger partial charge in [-0.2, -0.15) is 0 Å². The van der Waals surface area contributed by atoms with Gasteiger partial charge < -0.3 is 10.1 Å². The molecule has 1 N–H and O–H groups in total. The topological polar surface area (TPSA) is 41.6 Å². The quantitative estimate of drug-likeness (QED) is 0.730. The summed E-state index contributed by atoms with van der Waals surface area (Å²) in [5.74, 6) is 1.13. The average Bonchev–Trinajstić information content (AvgIpc) is 2.69. The normalized spacial score (nSPS) is 15.5. The average molecular weight is 387 g/mol. The molecule has 1 aliphatic rings. The van der Waals surface area contributed by atoms with Crippen LogP contribution in [0.25, 0.3) is 0 Å². The smallest absolute Gasteiger partial charge is 0.223 e. The first-order valence-corrected chi connectivity index (χ1v) is 9.92. The Balaban J connectivity index is 1.34. The number of para-hydroxylation sites is 1. The molecule has 0 aliphatic carbocycles. The zero-order valence-corrected chi connectivity index (χ0v) is 16.5. The Morgan fingerprint density at radius 2 is 1.85 bits per heavy atom. The lowest BCUT2D eigenvalue weighted by Gasteiger charge is -2.31. The second kappa shape index (κ2) is 9.77. The molecule has 0 unspecified atom stereocenters. The van der Waals surface area contributed by atoms with E-state index >= 15 is 0 Å². The number of hydrogen-bond acceptors (Lipinski definition) is 3. The van der Waals surface area contributed by atoms with Crippen molar-refractivity contribution in [2.75, 3.05) is 26.2 Å². The third-order valence-electron chi connectivity index (χ3n) is 5.03. The van der Waals surface area contributed by atoms with Crippen LogP contribution in [0.2, 0.25) is 5.02 Å². The first-order chi connectivity index (χ1) is 13.1. The van der Waals surface area contributed by atoms with E-state index in [1.807, 2.05) is 43.3 Å². The van der Waals surface area contributed by atoms with Crippen molar-refractivity contribution in [3.05, 3.63) is 64.7 Å². The van der Waals surface area contributed by atoms with Gasteiger partial charge in [0.1, 0.15) is 12.4 Å². The highest BCUT2D eigenvalue weighted by Crippen LogP contribution is 2.20. The molecule has 144 valence electrons. The van der Waals surface area contributed by atoms with Gasteiger partial charge in [0.05, 0.1) is 6.54 Å². The van der Waals surface area contributed by atoms with E-state index in [4.69, 9.17) is 16.3 Å². The Labute approximate surface area is 166 Å². The van der Waals surface area contributed by atoms with Crippen LogP contribution in [0.4, 0.5) is 0 Å². The SMILES string of the molecule is Cc1ccccc1OCCNC(=O)C1CCN(Cc2ccc(Cl)cc2)CC1. The largest absolute Gasteiger partial charge is 0.491 e. The maximum Gasteiger partial charge on any atom is 0.223 e. The first-order valence-electron chi connectivity index (χ1n) is 9.55. The van der Waals surface area contributed by atoms with Crippen molar-refractivity contribution in [3.63, 3.8) is 0 Å². The van der Waals surface area contributed by atoms with E-state index in [-0.39, 0.29) is 11.8 Å². The third-order valence-corrected chi connectivity index (χ3v) is 5.28. The summed E-state index contributed by atoms with van der Waals surface area (Å²) in [4.78, 5) is 14.8. The highest BCUT2D eigenvalue weighted by molar-refractivity contribution is 6.30. The Bertz CT molecular complexity index is 740. The van der Waals surface area contributed by atoms with Crippen molar-refractivity contribution >= 4 is 17.5 Å². The second-order valence-electron chi connectivity index (χ2n) is 7.08. The van der Waals surface area contributed by atoms with E-state index in [1.54, 1.807) is 0 Å². The van der Waals surface area contributed by atoms with Crippen molar-refractivity contribution in [1.29, 1.82) is 0 Å². The molecule has 3 rings (SSSR count). The lowest BCUT2D eigenvalue weighted by molar-refractivity contribution is -0.126. The molecule has 2 aromatic carbocycles. The highest BCUT2D eigenvalue weighted by atomic mass is 35.5. The number of carbonyl (C=O) groups is 1. The number of rotatable bonds is 7. The molecule has 0 atom stereocenters. The van der Waals surface area contributed by atoms with Crippen LogP contribution in [-0.2, 0) is 11.3 Å². The number of nitrogens with zero attached hydrogens (tertiary/aromatic N) is 1. The summed E-state index contributed by atoms with van der Waals surface area (Å²) < 4.78 is 5.73. The molecule has 1 heterocycles. The van der Waals surface area contributed by atoms with Crippen LogP contribution >= 0.6 is 11.6 Å². The summed E-state index contributed by atoms with van der Waals surface area (Å²) in [6.45, 7) is 5.85. The number of carbonyl (C=O) groups excluding carboxylic acids is 1. The number of halogens is 1. The van der Waals surface area contributed by atoms with E-state index in [1.165, 1.54) is 5.56 Å². The predicted molar refractivity (Wildman–Crippen MR) is 109 cm³/mol. The molecule has 0 aromatic heterocycles. The van der Waals surface area contributed by atoms with E-state index in [2.05, 4.69) is 22.3 Å². The summed E-state index contributed by atoms with van der Waals surface area (Å²) >= 11 is 5.94. The monoisotopic (exact) mass is 386 g/mol. The molecule has 1 saturated heterocycles. The van der Waals surface area contributed by atoms with Gasteiger partial charge in [-0.05, 0) is 62.2 Å². The molecule has 0 radical (unpaired) electrons. The fourth-order valence-electron chi connectivity index (χ4n) is 3.40. The fraction of sp³-hybridized carbons (Fsp3) is 0.409. The van der Waals surface area contributed by atoms with E-state index in [0.29, 0.717) is 13.2 Å². The number of benzene rings is 2. The summed E-state index contributed by atoms with van der Waals surface area (Å²) in [7, 11) is 0. The molecule has 5 heteroatoms. The summed E-state index contributed by atoms with van der Waals surface area (Å²) in [5.41, 5.74) is 2.37. The van der Waals surface area contributed by atoms with E-state index in [0.717, 1.165) is 48.8 Å². The fourth-order valence-corrected chi connectivity index (χ4v) is 3.53. The van der Waals surface area contributed by atoms with Gasteiger partial charge in [0.25, 0.3) is 0 Å². The summed E-state index contributed by atoms with van der Waals surface area (Å²) in [5, 5.41) is 3.78. The molecule has 2 aromatic rings. The minimum absolute atomic E-state index is 0.102. The van der Waals surface area contributed by atoms with Gasteiger partial charge in [-0.1, -0.05) is 41.9 Å². The van der Waals surface area contributed by atoms with Crippen molar-refractivity contribution in [2.45, 2.75) is 26.3 Å². The van der Waals surface area contributed by atoms with Gasteiger partial charge in [0.2, 0.25) is 5.91 Å². The molecule has 0 saturated carbocycles. The number of hydrogen-bond donors (Lipinski definition) is 1. The number of nitrogens with one attached hydrogen (secondary N) is 1. The Morgan fingerprint density at radius 1 is 1.15 bits per heavy atom. The highest BCUT2D eigenvalue weighted by Gasteiger charge is 2.24. The van der Waals surface area contributed by atoms with Crippen LogP contribution in [0.5, 0.6) is 5.75 Å². The van der Waals surface area contributed by atoms with Crippen LogP contribution in [-0.4, -0.2) is 37.0 Å². The zero-order chi connectivity index (χ0) is 19.1. The van der Waals surface area contributed by atoms with Crippen LogP contribution in [0.15, 0.2) is 48.5 Å². The van der Waals surface area contributed by atoms with Gasteiger partial charge in [-0.3, -0.25) is 9.69 Å². The molecule has 0 bridgehead atoms. The molecule has 1 amide bonds. The second-order valence-corrected chi connectivity index (χ2v) is 7.52. The summed E-state index contributed by atoms with van der Waals surface area (Å²) in [6.07, 6.45) is 1.80. The van der Waals surface area contributed by atoms with Crippen LogP contribution in [0.3, 0.4) is 0 Å². The molecule has 27 heavy (non-hydrogen) atoms. The molecule has 1 fully saturated rings. The molecular weight excluding hydrogens is 360 g/mol. The van der Waals surface area contributed by atoms with Crippen LogP contribution < -0.4 is 10.1 Å². The Morgan fingerprint density at radius 3 is 2.56 bits per heavy atom. The molecular formula is C22H27ClN2O2. The minimum atomic E-state index is 0.102. The lowest BCUT2D eigenvalue weighted by atomic mass is 9.95. The number of aryl methyl sites for hydroxylation is 1.